The standard InChI is InChI=1S/C19H18Cl2N4S/c1-2-13-7-9-15(10-8-13)22-19(26)23-18-17(21)12-25(24-18)11-14-5-3-4-6-16(14)20/h3-10,12H,2,11H2,1H3,(H2,22,23,24,26). The van der Waals surface area contributed by atoms with Crippen molar-refractivity contribution < 1.29 is 0 Å². The smallest absolute Gasteiger partial charge is 0.176 e. The lowest BCUT2D eigenvalue weighted by Crippen LogP contribution is -2.19. The summed E-state index contributed by atoms with van der Waals surface area (Å²) < 4.78 is 1.73. The van der Waals surface area contributed by atoms with Crippen molar-refractivity contribution in [3.8, 4) is 0 Å². The van der Waals surface area contributed by atoms with Gasteiger partial charge in [0.1, 0.15) is 5.02 Å². The second-order valence-electron chi connectivity index (χ2n) is 5.74. The van der Waals surface area contributed by atoms with Crippen molar-refractivity contribution in [3.63, 3.8) is 0 Å². The molecule has 3 aromatic rings. The molecule has 3 rings (SSSR count). The van der Waals surface area contributed by atoms with Crippen LogP contribution in [0, 0.1) is 0 Å². The largest absolute Gasteiger partial charge is 0.332 e. The molecule has 4 nitrogen and oxygen atoms in total. The summed E-state index contributed by atoms with van der Waals surface area (Å²) in [4.78, 5) is 0. The van der Waals surface area contributed by atoms with Crippen LogP contribution < -0.4 is 10.6 Å². The molecular weight excluding hydrogens is 387 g/mol. The summed E-state index contributed by atoms with van der Waals surface area (Å²) in [5, 5.41) is 12.2. The molecule has 0 spiro atoms. The van der Waals surface area contributed by atoms with Crippen LogP contribution in [0.2, 0.25) is 10.0 Å². The maximum absolute atomic E-state index is 6.27. The number of hydrogen-bond acceptors (Lipinski definition) is 2. The monoisotopic (exact) mass is 404 g/mol. The zero-order valence-electron chi connectivity index (χ0n) is 14.2. The van der Waals surface area contributed by atoms with Crippen LogP contribution in [0.15, 0.2) is 54.7 Å². The fraction of sp³-hybridized carbons (Fsp3) is 0.158. The molecule has 0 saturated heterocycles. The van der Waals surface area contributed by atoms with E-state index in [4.69, 9.17) is 35.4 Å². The first-order valence-corrected chi connectivity index (χ1v) is 9.35. The fourth-order valence-electron chi connectivity index (χ4n) is 2.46. The Bertz CT molecular complexity index is 906. The summed E-state index contributed by atoms with van der Waals surface area (Å²) in [7, 11) is 0. The Kier molecular flexibility index (Phi) is 6.14. The maximum Gasteiger partial charge on any atom is 0.176 e. The molecule has 0 amide bonds. The van der Waals surface area contributed by atoms with E-state index in [1.807, 2.05) is 36.4 Å². The number of aromatic nitrogens is 2. The molecule has 0 aliphatic carbocycles. The van der Waals surface area contributed by atoms with E-state index in [1.165, 1.54) is 5.56 Å². The van der Waals surface area contributed by atoms with Crippen molar-refractivity contribution in [2.75, 3.05) is 10.6 Å². The van der Waals surface area contributed by atoms with Gasteiger partial charge in [-0.25, -0.2) is 0 Å². The van der Waals surface area contributed by atoms with Crippen molar-refractivity contribution >= 4 is 52.0 Å². The van der Waals surface area contributed by atoms with E-state index in [2.05, 4.69) is 34.8 Å². The van der Waals surface area contributed by atoms with Crippen LogP contribution in [-0.4, -0.2) is 14.9 Å². The molecule has 0 fully saturated rings. The van der Waals surface area contributed by atoms with E-state index in [1.54, 1.807) is 10.9 Å². The summed E-state index contributed by atoms with van der Waals surface area (Å²) in [6.07, 6.45) is 2.74. The van der Waals surface area contributed by atoms with Gasteiger partial charge in [-0.2, -0.15) is 5.10 Å². The Hall–Kier alpha value is -2.08. The summed E-state index contributed by atoms with van der Waals surface area (Å²) >= 11 is 17.8. The molecule has 134 valence electrons. The summed E-state index contributed by atoms with van der Waals surface area (Å²) in [5.74, 6) is 0.501. The maximum atomic E-state index is 6.27. The number of hydrogen-bond donors (Lipinski definition) is 2. The average molecular weight is 405 g/mol. The normalized spacial score (nSPS) is 10.6. The first-order chi connectivity index (χ1) is 12.5. The van der Waals surface area contributed by atoms with Crippen molar-refractivity contribution in [2.24, 2.45) is 0 Å². The van der Waals surface area contributed by atoms with Gasteiger partial charge < -0.3 is 10.6 Å². The van der Waals surface area contributed by atoms with Crippen LogP contribution in [0.3, 0.4) is 0 Å². The number of halogens is 2. The number of aryl methyl sites for hydroxylation is 1. The second kappa shape index (κ2) is 8.54. The highest BCUT2D eigenvalue weighted by Crippen LogP contribution is 2.22. The minimum Gasteiger partial charge on any atom is -0.332 e. The number of benzene rings is 2. The molecule has 1 aromatic heterocycles. The molecule has 0 radical (unpaired) electrons. The Morgan fingerprint density at radius 3 is 2.46 bits per heavy atom. The molecule has 0 aliphatic heterocycles. The number of anilines is 2. The number of nitrogens with one attached hydrogen (secondary N) is 2. The predicted molar refractivity (Wildman–Crippen MR) is 113 cm³/mol. The fourth-order valence-corrected chi connectivity index (χ4v) is 3.07. The van der Waals surface area contributed by atoms with Gasteiger partial charge in [0.05, 0.1) is 6.54 Å². The van der Waals surface area contributed by atoms with E-state index in [0.717, 1.165) is 17.7 Å². The summed E-state index contributed by atoms with van der Waals surface area (Å²) in [5.41, 5.74) is 3.15. The third-order valence-corrected chi connectivity index (χ3v) is 4.71. The Morgan fingerprint density at radius 1 is 1.04 bits per heavy atom. The predicted octanol–water partition coefficient (Wildman–Crippen LogP) is 5.61. The molecular formula is C19H18Cl2N4S. The zero-order valence-corrected chi connectivity index (χ0v) is 16.5. The van der Waals surface area contributed by atoms with E-state index >= 15 is 0 Å². The molecule has 2 N–H and O–H groups in total. The van der Waals surface area contributed by atoms with Crippen LogP contribution in [0.5, 0.6) is 0 Å². The lowest BCUT2D eigenvalue weighted by atomic mass is 10.1. The molecule has 2 aromatic carbocycles. The molecule has 0 aliphatic rings. The second-order valence-corrected chi connectivity index (χ2v) is 6.97. The van der Waals surface area contributed by atoms with Crippen molar-refractivity contribution in [1.29, 1.82) is 0 Å². The van der Waals surface area contributed by atoms with E-state index < -0.39 is 0 Å². The molecule has 0 unspecified atom stereocenters. The van der Waals surface area contributed by atoms with Crippen molar-refractivity contribution in [2.45, 2.75) is 19.9 Å². The van der Waals surface area contributed by atoms with Crippen LogP contribution in [-0.2, 0) is 13.0 Å². The van der Waals surface area contributed by atoms with E-state index in [0.29, 0.717) is 27.5 Å². The van der Waals surface area contributed by atoms with E-state index in [-0.39, 0.29) is 0 Å². The van der Waals surface area contributed by atoms with Crippen LogP contribution in [0.4, 0.5) is 11.5 Å². The zero-order chi connectivity index (χ0) is 18.5. The van der Waals surface area contributed by atoms with Crippen molar-refractivity contribution in [3.05, 3.63) is 75.9 Å². The van der Waals surface area contributed by atoms with Gasteiger partial charge >= 0.3 is 0 Å². The van der Waals surface area contributed by atoms with Gasteiger partial charge in [-0.05, 0) is 48.0 Å². The van der Waals surface area contributed by atoms with Crippen LogP contribution in [0.1, 0.15) is 18.1 Å². The first-order valence-electron chi connectivity index (χ1n) is 8.18. The lowest BCUT2D eigenvalue weighted by molar-refractivity contribution is 0.690. The third kappa shape index (κ3) is 4.75. The minimum atomic E-state index is 0.430. The Labute approximate surface area is 168 Å². The van der Waals surface area contributed by atoms with Gasteiger partial charge in [-0.1, -0.05) is 60.5 Å². The van der Waals surface area contributed by atoms with Gasteiger partial charge in [0.2, 0.25) is 0 Å². The van der Waals surface area contributed by atoms with Crippen LogP contribution in [0.25, 0.3) is 0 Å². The average Bonchev–Trinajstić information content (AvgIpc) is 2.96. The molecule has 1 heterocycles. The highest BCUT2D eigenvalue weighted by atomic mass is 35.5. The molecule has 0 saturated carbocycles. The summed E-state index contributed by atoms with van der Waals surface area (Å²) in [6.45, 7) is 2.65. The molecule has 7 heteroatoms. The minimum absolute atomic E-state index is 0.430. The van der Waals surface area contributed by atoms with Crippen molar-refractivity contribution in [1.82, 2.24) is 9.78 Å². The number of thiocarbonyl (C=S) groups is 1. The van der Waals surface area contributed by atoms with E-state index in [9.17, 15) is 0 Å². The quantitative estimate of drug-likeness (QED) is 0.542. The number of nitrogens with zero attached hydrogens (tertiary/aromatic N) is 2. The Balaban J connectivity index is 1.65. The third-order valence-electron chi connectivity index (χ3n) is 3.86. The van der Waals surface area contributed by atoms with Gasteiger partial charge in [-0.3, -0.25) is 4.68 Å². The molecule has 0 atom stereocenters. The first kappa shape index (κ1) is 18.7. The van der Waals surface area contributed by atoms with Gasteiger partial charge in [0, 0.05) is 16.9 Å². The highest BCUT2D eigenvalue weighted by Gasteiger charge is 2.10. The summed E-state index contributed by atoms with van der Waals surface area (Å²) in [6, 6.07) is 15.8. The molecule has 0 bridgehead atoms. The van der Waals surface area contributed by atoms with Gasteiger partial charge in [0.15, 0.2) is 10.9 Å². The number of rotatable bonds is 5. The highest BCUT2D eigenvalue weighted by molar-refractivity contribution is 7.80. The van der Waals surface area contributed by atoms with Gasteiger partial charge in [0.25, 0.3) is 0 Å². The van der Waals surface area contributed by atoms with Crippen LogP contribution >= 0.6 is 35.4 Å². The lowest BCUT2D eigenvalue weighted by Gasteiger charge is -2.09. The SMILES string of the molecule is CCc1ccc(NC(=S)Nc2nn(Cc3ccccc3Cl)cc2Cl)cc1. The topological polar surface area (TPSA) is 41.9 Å². The molecule has 26 heavy (non-hydrogen) atoms. The van der Waals surface area contributed by atoms with Gasteiger partial charge in [-0.15, -0.1) is 0 Å². The Morgan fingerprint density at radius 2 is 1.77 bits per heavy atom.